The number of rotatable bonds is 4. The Morgan fingerprint density at radius 1 is 1.17 bits per heavy atom. The fraction of sp³-hybridized carbons (Fsp3) is 0.455. The van der Waals surface area contributed by atoms with Crippen LogP contribution in [0.5, 0.6) is 0 Å². The van der Waals surface area contributed by atoms with E-state index in [1.165, 1.54) is 29.7 Å². The molecule has 0 spiro atoms. The van der Waals surface area contributed by atoms with Crippen LogP contribution in [-0.2, 0) is 6.42 Å². The maximum Gasteiger partial charge on any atom is -0.00671 e. The molecule has 0 saturated carbocycles. The van der Waals surface area contributed by atoms with Gasteiger partial charge in [0.05, 0.1) is 0 Å². The van der Waals surface area contributed by atoms with Gasteiger partial charge >= 0.3 is 0 Å². The Balaban J connectivity index is 2.37. The van der Waals surface area contributed by atoms with Crippen molar-refractivity contribution >= 4 is 11.8 Å². The first kappa shape index (κ1) is 9.66. The average Bonchev–Trinajstić information content (AvgIpc) is 2.09. The highest BCUT2D eigenvalue weighted by molar-refractivity contribution is 7.98. The van der Waals surface area contributed by atoms with Crippen LogP contribution >= 0.6 is 11.8 Å². The van der Waals surface area contributed by atoms with E-state index in [1.54, 1.807) is 0 Å². The van der Waals surface area contributed by atoms with E-state index in [-0.39, 0.29) is 0 Å². The van der Waals surface area contributed by atoms with Crippen LogP contribution in [0.4, 0.5) is 0 Å². The zero-order valence-electron chi connectivity index (χ0n) is 7.84. The molecule has 0 bridgehead atoms. The van der Waals surface area contributed by atoms with Crippen molar-refractivity contribution in [3.05, 3.63) is 35.4 Å². The molecule has 1 heteroatoms. The molecule has 12 heavy (non-hydrogen) atoms. The smallest absolute Gasteiger partial charge is 0.00671 e. The van der Waals surface area contributed by atoms with E-state index in [2.05, 4.69) is 37.4 Å². The Bertz CT molecular complexity index is 213. The van der Waals surface area contributed by atoms with Crippen molar-refractivity contribution in [1.29, 1.82) is 0 Å². The molecule has 0 amide bonds. The van der Waals surface area contributed by atoms with Crippen molar-refractivity contribution in [2.24, 2.45) is 0 Å². The summed E-state index contributed by atoms with van der Waals surface area (Å²) in [5, 5.41) is 0. The van der Waals surface area contributed by atoms with Crippen molar-refractivity contribution in [3.63, 3.8) is 0 Å². The lowest BCUT2D eigenvalue weighted by Gasteiger charge is -2.00. The van der Waals surface area contributed by atoms with Gasteiger partial charge in [-0.15, -0.1) is 0 Å². The quantitative estimate of drug-likeness (QED) is 0.641. The van der Waals surface area contributed by atoms with Gasteiger partial charge in [0.1, 0.15) is 0 Å². The van der Waals surface area contributed by atoms with Crippen LogP contribution in [0, 0.1) is 6.92 Å². The minimum Gasteiger partial charge on any atom is -0.165 e. The van der Waals surface area contributed by atoms with Gasteiger partial charge in [0, 0.05) is 0 Å². The van der Waals surface area contributed by atoms with Crippen molar-refractivity contribution < 1.29 is 0 Å². The molecule has 0 fully saturated rings. The second-order valence-corrected chi connectivity index (χ2v) is 4.07. The number of hydrogen-bond donors (Lipinski definition) is 0. The molecule has 0 radical (unpaired) electrons. The van der Waals surface area contributed by atoms with E-state index < -0.39 is 0 Å². The minimum absolute atomic E-state index is 1.22. The highest BCUT2D eigenvalue weighted by Gasteiger charge is 1.91. The van der Waals surface area contributed by atoms with Crippen LogP contribution in [0.25, 0.3) is 0 Å². The first-order chi connectivity index (χ1) is 5.83. The van der Waals surface area contributed by atoms with Crippen molar-refractivity contribution in [2.45, 2.75) is 19.8 Å². The van der Waals surface area contributed by atoms with Gasteiger partial charge in [-0.05, 0) is 37.3 Å². The van der Waals surface area contributed by atoms with Crippen LogP contribution in [-0.4, -0.2) is 12.0 Å². The maximum absolute atomic E-state index is 2.23. The van der Waals surface area contributed by atoms with Gasteiger partial charge in [-0.3, -0.25) is 0 Å². The standard InChI is InChI=1S/C11H16S/c1-10-5-7-11(8-6-10)4-3-9-12-2/h5-8H,3-4,9H2,1-2H3. The normalized spacial score (nSPS) is 10.2. The SMILES string of the molecule is CSCCCc1ccc(C)cc1. The Hall–Kier alpha value is -0.430. The van der Waals surface area contributed by atoms with Gasteiger partial charge < -0.3 is 0 Å². The van der Waals surface area contributed by atoms with E-state index in [4.69, 9.17) is 0 Å². The average molecular weight is 180 g/mol. The van der Waals surface area contributed by atoms with Gasteiger partial charge in [0.2, 0.25) is 0 Å². The summed E-state index contributed by atoms with van der Waals surface area (Å²) in [6, 6.07) is 8.84. The van der Waals surface area contributed by atoms with Crippen LogP contribution in [0.1, 0.15) is 17.5 Å². The number of hydrogen-bond acceptors (Lipinski definition) is 1. The van der Waals surface area contributed by atoms with Gasteiger partial charge in [-0.25, -0.2) is 0 Å². The highest BCUT2D eigenvalue weighted by Crippen LogP contribution is 2.07. The fourth-order valence-electron chi connectivity index (χ4n) is 1.18. The predicted molar refractivity (Wildman–Crippen MR) is 57.9 cm³/mol. The first-order valence-electron chi connectivity index (χ1n) is 4.37. The third kappa shape index (κ3) is 3.31. The summed E-state index contributed by atoms with van der Waals surface area (Å²) in [6.45, 7) is 2.13. The lowest BCUT2D eigenvalue weighted by atomic mass is 10.1. The Morgan fingerprint density at radius 2 is 1.83 bits per heavy atom. The Labute approximate surface area is 79.4 Å². The molecule has 0 saturated heterocycles. The summed E-state index contributed by atoms with van der Waals surface area (Å²) >= 11 is 1.92. The molecule has 0 unspecified atom stereocenters. The summed E-state index contributed by atoms with van der Waals surface area (Å²) in [5.41, 5.74) is 2.82. The zero-order valence-corrected chi connectivity index (χ0v) is 8.66. The lowest BCUT2D eigenvalue weighted by Crippen LogP contribution is -1.87. The highest BCUT2D eigenvalue weighted by atomic mass is 32.2. The van der Waals surface area contributed by atoms with Crippen molar-refractivity contribution in [1.82, 2.24) is 0 Å². The summed E-state index contributed by atoms with van der Waals surface area (Å²) in [6.07, 6.45) is 4.68. The molecule has 1 aromatic carbocycles. The summed E-state index contributed by atoms with van der Waals surface area (Å²) < 4.78 is 0. The van der Waals surface area contributed by atoms with Crippen LogP contribution in [0.3, 0.4) is 0 Å². The molecule has 66 valence electrons. The molecule has 0 nitrogen and oxygen atoms in total. The van der Waals surface area contributed by atoms with Crippen LogP contribution in [0.15, 0.2) is 24.3 Å². The summed E-state index contributed by atoms with van der Waals surface area (Å²) in [4.78, 5) is 0. The minimum atomic E-state index is 1.22. The second-order valence-electron chi connectivity index (χ2n) is 3.08. The van der Waals surface area contributed by atoms with E-state index >= 15 is 0 Å². The van der Waals surface area contributed by atoms with E-state index in [9.17, 15) is 0 Å². The third-order valence-electron chi connectivity index (χ3n) is 1.93. The molecular formula is C11H16S. The number of benzene rings is 1. The molecule has 0 atom stereocenters. The van der Waals surface area contributed by atoms with E-state index in [1.807, 2.05) is 11.8 Å². The lowest BCUT2D eigenvalue weighted by molar-refractivity contribution is 0.933. The summed E-state index contributed by atoms with van der Waals surface area (Å²) in [5.74, 6) is 1.27. The van der Waals surface area contributed by atoms with Gasteiger partial charge in [0.25, 0.3) is 0 Å². The number of aryl methyl sites for hydroxylation is 2. The first-order valence-corrected chi connectivity index (χ1v) is 5.77. The second kappa shape index (κ2) is 5.26. The van der Waals surface area contributed by atoms with E-state index in [0.717, 1.165) is 0 Å². The summed E-state index contributed by atoms with van der Waals surface area (Å²) in [7, 11) is 0. The third-order valence-corrected chi connectivity index (χ3v) is 2.63. The van der Waals surface area contributed by atoms with Gasteiger partial charge in [0.15, 0.2) is 0 Å². The zero-order chi connectivity index (χ0) is 8.81. The Kier molecular flexibility index (Phi) is 4.23. The predicted octanol–water partition coefficient (Wildman–Crippen LogP) is 3.29. The maximum atomic E-state index is 2.23. The van der Waals surface area contributed by atoms with Crippen LogP contribution in [0.2, 0.25) is 0 Å². The monoisotopic (exact) mass is 180 g/mol. The van der Waals surface area contributed by atoms with Gasteiger partial charge in [-0.2, -0.15) is 11.8 Å². The molecule has 0 aliphatic rings. The molecule has 0 aliphatic carbocycles. The molecular weight excluding hydrogens is 164 g/mol. The molecule has 0 N–H and O–H groups in total. The topological polar surface area (TPSA) is 0 Å². The molecule has 0 aromatic heterocycles. The molecule has 0 aliphatic heterocycles. The van der Waals surface area contributed by atoms with E-state index in [0.29, 0.717) is 0 Å². The van der Waals surface area contributed by atoms with Crippen molar-refractivity contribution in [2.75, 3.05) is 12.0 Å². The Morgan fingerprint density at radius 3 is 2.42 bits per heavy atom. The largest absolute Gasteiger partial charge is 0.165 e. The molecule has 1 aromatic rings. The van der Waals surface area contributed by atoms with Gasteiger partial charge in [-0.1, -0.05) is 29.8 Å². The molecule has 0 heterocycles. The fourth-order valence-corrected chi connectivity index (χ4v) is 1.61. The van der Waals surface area contributed by atoms with Crippen LogP contribution < -0.4 is 0 Å². The number of thioether (sulfide) groups is 1. The molecule has 1 rings (SSSR count). The van der Waals surface area contributed by atoms with Crippen molar-refractivity contribution in [3.8, 4) is 0 Å².